The Kier molecular flexibility index (Phi) is 8.27. The van der Waals surface area contributed by atoms with Crippen LogP contribution >= 0.6 is 11.3 Å². The number of allylic oxidation sites excluding steroid dienone is 2. The Bertz CT molecular complexity index is 1030. The molecule has 0 spiro atoms. The quantitative estimate of drug-likeness (QED) is 0.515. The van der Waals surface area contributed by atoms with E-state index in [-0.39, 0.29) is 17.7 Å². The van der Waals surface area contributed by atoms with Gasteiger partial charge in [0.15, 0.2) is 0 Å². The molecule has 33 heavy (non-hydrogen) atoms. The minimum absolute atomic E-state index is 0.00457. The van der Waals surface area contributed by atoms with Crippen molar-refractivity contribution >= 4 is 23.2 Å². The van der Waals surface area contributed by atoms with Gasteiger partial charge in [-0.2, -0.15) is 0 Å². The second kappa shape index (κ2) is 11.1. The molecule has 2 amide bonds. The number of hydrogen-bond donors (Lipinski definition) is 3. The van der Waals surface area contributed by atoms with Crippen LogP contribution in [0, 0.1) is 18.8 Å². The van der Waals surface area contributed by atoms with Crippen molar-refractivity contribution in [2.24, 2.45) is 23.3 Å². The van der Waals surface area contributed by atoms with Gasteiger partial charge in [-0.15, -0.1) is 11.3 Å². The van der Waals surface area contributed by atoms with E-state index in [1.54, 1.807) is 28.4 Å². The number of likely N-dealkylation sites (tertiary alicyclic amines) is 1. The fraction of sp³-hybridized carbons (Fsp3) is 0.400. The highest BCUT2D eigenvalue weighted by Gasteiger charge is 2.38. The van der Waals surface area contributed by atoms with E-state index in [4.69, 9.17) is 11.5 Å². The molecule has 1 aromatic carbocycles. The van der Waals surface area contributed by atoms with Gasteiger partial charge in [0.05, 0.1) is 22.0 Å². The van der Waals surface area contributed by atoms with Crippen LogP contribution in [0.1, 0.15) is 37.9 Å². The number of amides is 2. The highest BCUT2D eigenvalue weighted by molar-refractivity contribution is 7.13. The van der Waals surface area contributed by atoms with E-state index < -0.39 is 12.0 Å². The molecule has 176 valence electrons. The molecule has 1 saturated heterocycles. The number of aromatic nitrogens is 1. The van der Waals surface area contributed by atoms with Crippen molar-refractivity contribution in [3.8, 4) is 10.4 Å². The van der Waals surface area contributed by atoms with Crippen molar-refractivity contribution in [1.29, 1.82) is 0 Å². The molecule has 0 bridgehead atoms. The molecule has 2 unspecified atom stereocenters. The summed E-state index contributed by atoms with van der Waals surface area (Å²) in [5.74, 6) is -0.719. The third-order valence-electron chi connectivity index (χ3n) is 5.96. The van der Waals surface area contributed by atoms with Gasteiger partial charge in [-0.3, -0.25) is 9.59 Å². The first-order valence-corrected chi connectivity index (χ1v) is 12.1. The summed E-state index contributed by atoms with van der Waals surface area (Å²) in [6.45, 7) is 6.88. The maximum atomic E-state index is 13.3. The van der Waals surface area contributed by atoms with Gasteiger partial charge in [0.25, 0.3) is 0 Å². The highest BCUT2D eigenvalue weighted by atomic mass is 32.1. The number of hydrogen-bond acceptors (Lipinski definition) is 6. The van der Waals surface area contributed by atoms with Crippen molar-refractivity contribution in [1.82, 2.24) is 15.2 Å². The molecule has 1 aromatic heterocycles. The smallest absolute Gasteiger partial charge is 0.243 e. The Hall–Kier alpha value is -3.13. The van der Waals surface area contributed by atoms with Crippen LogP contribution in [0.4, 0.5) is 0 Å². The van der Waals surface area contributed by atoms with E-state index in [2.05, 4.69) is 10.3 Å². The summed E-state index contributed by atoms with van der Waals surface area (Å²) in [6, 6.07) is 7.64. The summed E-state index contributed by atoms with van der Waals surface area (Å²) in [4.78, 5) is 33.4. The van der Waals surface area contributed by atoms with Crippen LogP contribution in [-0.2, 0) is 16.1 Å². The van der Waals surface area contributed by atoms with Crippen LogP contribution in [-0.4, -0.2) is 34.3 Å². The predicted molar refractivity (Wildman–Crippen MR) is 133 cm³/mol. The number of carbonyl (C=O) groups is 2. The summed E-state index contributed by atoms with van der Waals surface area (Å²) in [5, 5.41) is 3.01. The van der Waals surface area contributed by atoms with Crippen LogP contribution in [0.25, 0.3) is 10.4 Å². The first-order chi connectivity index (χ1) is 15.8. The minimum Gasteiger partial charge on any atom is -0.405 e. The Morgan fingerprint density at radius 3 is 2.64 bits per heavy atom. The lowest BCUT2D eigenvalue weighted by molar-refractivity contribution is -0.141. The van der Waals surface area contributed by atoms with Crippen LogP contribution in [0.15, 0.2) is 53.8 Å². The van der Waals surface area contributed by atoms with Gasteiger partial charge in [-0.25, -0.2) is 4.98 Å². The molecule has 2 atom stereocenters. The van der Waals surface area contributed by atoms with Crippen molar-refractivity contribution < 1.29 is 9.59 Å². The van der Waals surface area contributed by atoms with Gasteiger partial charge >= 0.3 is 0 Å². The molecule has 3 rings (SSSR count). The topological polar surface area (TPSA) is 114 Å². The van der Waals surface area contributed by atoms with Crippen molar-refractivity contribution in [2.75, 3.05) is 6.54 Å². The molecule has 1 aliphatic heterocycles. The summed E-state index contributed by atoms with van der Waals surface area (Å²) < 4.78 is 0. The Morgan fingerprint density at radius 1 is 1.30 bits per heavy atom. The monoisotopic (exact) mass is 467 g/mol. The number of aryl methyl sites for hydroxylation is 1. The van der Waals surface area contributed by atoms with Gasteiger partial charge in [0, 0.05) is 18.8 Å². The molecular formula is C25H33N5O2S. The Balaban J connectivity index is 1.64. The third kappa shape index (κ3) is 5.82. The van der Waals surface area contributed by atoms with Crippen LogP contribution in [0.3, 0.4) is 0 Å². The van der Waals surface area contributed by atoms with Crippen molar-refractivity contribution in [3.63, 3.8) is 0 Å². The molecule has 0 saturated carbocycles. The van der Waals surface area contributed by atoms with E-state index in [9.17, 15) is 9.59 Å². The van der Waals surface area contributed by atoms with Gasteiger partial charge < -0.3 is 21.7 Å². The van der Waals surface area contributed by atoms with Gasteiger partial charge in [-0.05, 0) is 55.2 Å². The normalized spacial score (nSPS) is 17.6. The SMILES string of the molecule is Cc1ncsc1-c1ccc(CNC(=O)C2CCCN2C(=O)C(/C(N)=C/C=C\N)C(C)C)cc1. The standard InChI is InChI=1S/C25H33N5O2S/c1-16(2)22(20(27)6-4-12-26)25(32)30-13-5-7-21(30)24(31)28-14-18-8-10-19(11-9-18)23-17(3)29-15-33-23/h4,6,8-12,15-16,21-22H,5,7,13-14,26-27H2,1-3H3,(H,28,31)/b12-4-,20-6-. The van der Waals surface area contributed by atoms with Crippen molar-refractivity contribution in [2.45, 2.75) is 46.2 Å². The molecule has 1 fully saturated rings. The van der Waals surface area contributed by atoms with E-state index >= 15 is 0 Å². The summed E-state index contributed by atoms with van der Waals surface area (Å²) >= 11 is 1.62. The zero-order valence-electron chi connectivity index (χ0n) is 19.5. The largest absolute Gasteiger partial charge is 0.405 e. The molecule has 8 heteroatoms. The molecule has 2 aromatic rings. The van der Waals surface area contributed by atoms with Crippen molar-refractivity contribution in [3.05, 3.63) is 65.1 Å². The maximum Gasteiger partial charge on any atom is 0.243 e. The number of carbonyl (C=O) groups excluding carboxylic acids is 2. The number of rotatable bonds is 8. The van der Waals surface area contributed by atoms with Gasteiger partial charge in [-0.1, -0.05) is 38.1 Å². The molecule has 0 aliphatic carbocycles. The fourth-order valence-electron chi connectivity index (χ4n) is 4.22. The van der Waals surface area contributed by atoms with Crippen LogP contribution in [0.5, 0.6) is 0 Å². The van der Waals surface area contributed by atoms with E-state index in [1.807, 2.05) is 50.5 Å². The lowest BCUT2D eigenvalue weighted by atomic mass is 9.90. The number of nitrogens with zero attached hydrogens (tertiary/aromatic N) is 2. The fourth-order valence-corrected chi connectivity index (χ4v) is 5.04. The zero-order valence-corrected chi connectivity index (χ0v) is 20.3. The minimum atomic E-state index is -0.489. The first-order valence-electron chi connectivity index (χ1n) is 11.2. The number of nitrogens with two attached hydrogens (primary N) is 2. The lowest BCUT2D eigenvalue weighted by Gasteiger charge is -2.30. The third-order valence-corrected chi connectivity index (χ3v) is 6.94. The average molecular weight is 468 g/mol. The van der Waals surface area contributed by atoms with Crippen LogP contribution < -0.4 is 16.8 Å². The Labute approximate surface area is 199 Å². The number of benzene rings is 1. The van der Waals surface area contributed by atoms with Crippen LogP contribution in [0.2, 0.25) is 0 Å². The molecule has 1 aliphatic rings. The molecule has 7 nitrogen and oxygen atoms in total. The second-order valence-electron chi connectivity index (χ2n) is 8.64. The Morgan fingerprint density at radius 2 is 2.03 bits per heavy atom. The van der Waals surface area contributed by atoms with Gasteiger partial charge in [0.1, 0.15) is 6.04 Å². The van der Waals surface area contributed by atoms with E-state index in [1.165, 1.54) is 6.20 Å². The summed E-state index contributed by atoms with van der Waals surface area (Å²) in [7, 11) is 0. The lowest BCUT2D eigenvalue weighted by Crippen LogP contribution is -2.49. The van der Waals surface area contributed by atoms with Gasteiger partial charge in [0.2, 0.25) is 11.8 Å². The second-order valence-corrected chi connectivity index (χ2v) is 9.50. The molecule has 0 radical (unpaired) electrons. The summed E-state index contributed by atoms with van der Waals surface area (Å²) in [5.41, 5.74) is 17.0. The maximum absolute atomic E-state index is 13.3. The number of nitrogens with one attached hydrogen (secondary N) is 1. The summed E-state index contributed by atoms with van der Waals surface area (Å²) in [6.07, 6.45) is 6.10. The molecule has 2 heterocycles. The first kappa shape index (κ1) is 24.5. The molecule has 5 N–H and O–H groups in total. The predicted octanol–water partition coefficient (Wildman–Crippen LogP) is 3.31. The molecular weight excluding hydrogens is 434 g/mol. The van der Waals surface area contributed by atoms with E-state index in [0.29, 0.717) is 25.2 Å². The number of thiazole rings is 1. The van der Waals surface area contributed by atoms with E-state index in [0.717, 1.165) is 28.1 Å². The zero-order chi connectivity index (χ0) is 24.0. The highest BCUT2D eigenvalue weighted by Crippen LogP contribution is 2.28. The average Bonchev–Trinajstić information content (AvgIpc) is 3.45.